The predicted octanol–water partition coefficient (Wildman–Crippen LogP) is 7.12. The third kappa shape index (κ3) is 5.14. The van der Waals surface area contributed by atoms with E-state index in [2.05, 4.69) is 19.2 Å². The fourth-order valence-corrected chi connectivity index (χ4v) is 5.48. The number of fused-ring (bicyclic) bond motifs is 1. The van der Waals surface area contributed by atoms with Crippen molar-refractivity contribution < 1.29 is 14.3 Å². The average molecular weight is 515 g/mol. The number of ketones is 1. The largest absolute Gasteiger partial charge is 0.494 e. The summed E-state index contributed by atoms with van der Waals surface area (Å²) in [4.78, 5) is 29.7. The van der Waals surface area contributed by atoms with E-state index in [1.165, 1.54) is 0 Å². The number of rotatable bonds is 5. The van der Waals surface area contributed by atoms with E-state index in [0.29, 0.717) is 23.6 Å². The summed E-state index contributed by atoms with van der Waals surface area (Å²) in [6.45, 7) is 6.73. The third-order valence-corrected chi connectivity index (χ3v) is 7.20. The maximum absolute atomic E-state index is 14.1. The quantitative estimate of drug-likeness (QED) is 0.393. The van der Waals surface area contributed by atoms with Crippen molar-refractivity contribution in [2.24, 2.45) is 5.41 Å². The molecule has 1 amide bonds. The van der Waals surface area contributed by atoms with Crippen LogP contribution in [0.25, 0.3) is 0 Å². The lowest BCUT2D eigenvalue weighted by molar-refractivity contribution is -0.119. The number of ether oxygens (including phenoxy) is 1. The molecule has 3 aromatic carbocycles. The molecule has 5 nitrogen and oxygen atoms in total. The van der Waals surface area contributed by atoms with Crippen molar-refractivity contribution >= 4 is 34.7 Å². The number of allylic oxidation sites excluding steroid dienone is 1. The molecule has 0 bridgehead atoms. The van der Waals surface area contributed by atoms with Crippen LogP contribution in [-0.4, -0.2) is 18.3 Å². The molecule has 3 aromatic rings. The van der Waals surface area contributed by atoms with Crippen molar-refractivity contribution in [1.29, 1.82) is 0 Å². The number of nitrogens with zero attached hydrogens (tertiary/aromatic N) is 1. The van der Waals surface area contributed by atoms with Gasteiger partial charge >= 0.3 is 0 Å². The summed E-state index contributed by atoms with van der Waals surface area (Å²) >= 11 is 6.08. The van der Waals surface area contributed by atoms with Gasteiger partial charge in [0.15, 0.2) is 5.78 Å². The molecule has 1 atom stereocenters. The molecule has 1 aliphatic carbocycles. The Balaban J connectivity index is 1.68. The lowest BCUT2D eigenvalue weighted by Gasteiger charge is -2.37. The Labute approximate surface area is 223 Å². The molecule has 0 aromatic heterocycles. The van der Waals surface area contributed by atoms with Gasteiger partial charge in [-0.15, -0.1) is 0 Å². The number of carbonyl (C=O) groups is 2. The molecular formula is C31H31ClN2O3. The second-order valence-electron chi connectivity index (χ2n) is 10.4. The Morgan fingerprint density at radius 1 is 1.03 bits per heavy atom. The molecule has 37 heavy (non-hydrogen) atoms. The van der Waals surface area contributed by atoms with Crippen LogP contribution in [0.15, 0.2) is 84.1 Å². The van der Waals surface area contributed by atoms with Gasteiger partial charge in [0.25, 0.3) is 0 Å². The van der Waals surface area contributed by atoms with Crippen molar-refractivity contribution in [3.63, 3.8) is 0 Å². The van der Waals surface area contributed by atoms with Crippen LogP contribution >= 0.6 is 11.6 Å². The van der Waals surface area contributed by atoms with E-state index in [9.17, 15) is 9.59 Å². The molecule has 190 valence electrons. The summed E-state index contributed by atoms with van der Waals surface area (Å²) in [6.07, 6.45) is 1.33. The molecule has 6 heteroatoms. The Morgan fingerprint density at radius 3 is 2.43 bits per heavy atom. The Hall–Kier alpha value is -3.57. The number of para-hydroxylation sites is 2. The SMILES string of the molecule is CCOc1ccc(C2C3=C(CC(C)(C)CC3=O)Nc3ccccc3N2C(=O)Cc2ccc(Cl)cc2)cc1. The predicted molar refractivity (Wildman–Crippen MR) is 148 cm³/mol. The van der Waals surface area contributed by atoms with E-state index in [1.54, 1.807) is 17.0 Å². The van der Waals surface area contributed by atoms with Gasteiger partial charge in [-0.05, 0) is 66.3 Å². The zero-order valence-electron chi connectivity index (χ0n) is 21.4. The van der Waals surface area contributed by atoms with Gasteiger partial charge < -0.3 is 10.1 Å². The normalized spacial score (nSPS) is 18.4. The molecule has 0 radical (unpaired) electrons. The molecular weight excluding hydrogens is 484 g/mol. The molecule has 0 fully saturated rings. The monoisotopic (exact) mass is 514 g/mol. The average Bonchev–Trinajstić information content (AvgIpc) is 3.00. The van der Waals surface area contributed by atoms with Gasteiger partial charge in [0.2, 0.25) is 5.91 Å². The van der Waals surface area contributed by atoms with Gasteiger partial charge in [-0.25, -0.2) is 0 Å². The van der Waals surface area contributed by atoms with E-state index in [-0.39, 0.29) is 23.5 Å². The topological polar surface area (TPSA) is 58.6 Å². The van der Waals surface area contributed by atoms with Crippen LogP contribution in [0.4, 0.5) is 11.4 Å². The molecule has 0 spiro atoms. The van der Waals surface area contributed by atoms with Gasteiger partial charge in [-0.2, -0.15) is 0 Å². The van der Waals surface area contributed by atoms with Crippen molar-refractivity contribution in [1.82, 2.24) is 0 Å². The number of carbonyl (C=O) groups excluding carboxylic acids is 2. The van der Waals surface area contributed by atoms with E-state index in [4.69, 9.17) is 16.3 Å². The number of nitrogens with one attached hydrogen (secondary N) is 1. The minimum atomic E-state index is -0.565. The van der Waals surface area contributed by atoms with Crippen LogP contribution in [-0.2, 0) is 16.0 Å². The minimum absolute atomic E-state index is 0.0646. The van der Waals surface area contributed by atoms with Crippen LogP contribution < -0.4 is 15.0 Å². The molecule has 1 heterocycles. The lowest BCUT2D eigenvalue weighted by Crippen LogP contribution is -2.40. The summed E-state index contributed by atoms with van der Waals surface area (Å²) in [6, 6.07) is 22.3. The Bertz CT molecular complexity index is 1360. The van der Waals surface area contributed by atoms with Crippen molar-refractivity contribution in [2.45, 2.75) is 46.1 Å². The van der Waals surface area contributed by atoms with Gasteiger partial charge in [0.05, 0.1) is 30.4 Å². The van der Waals surface area contributed by atoms with Crippen molar-refractivity contribution in [2.75, 3.05) is 16.8 Å². The van der Waals surface area contributed by atoms with Gasteiger partial charge in [-0.3, -0.25) is 14.5 Å². The zero-order valence-corrected chi connectivity index (χ0v) is 22.1. The second-order valence-corrected chi connectivity index (χ2v) is 10.9. The van der Waals surface area contributed by atoms with Crippen LogP contribution in [0.2, 0.25) is 5.02 Å². The number of Topliss-reactive ketones (excluding diaryl/α,β-unsaturated/α-hetero) is 1. The summed E-state index contributed by atoms with van der Waals surface area (Å²) in [5.41, 5.74) is 4.66. The zero-order chi connectivity index (χ0) is 26.2. The molecule has 0 saturated carbocycles. The van der Waals surface area contributed by atoms with Crippen LogP contribution in [0.3, 0.4) is 0 Å². The first-order valence-electron chi connectivity index (χ1n) is 12.7. The van der Waals surface area contributed by atoms with E-state index in [1.807, 2.05) is 67.6 Å². The highest BCUT2D eigenvalue weighted by Crippen LogP contribution is 2.48. The summed E-state index contributed by atoms with van der Waals surface area (Å²) in [5.74, 6) is 0.722. The standard InChI is InChI=1S/C31H31ClN2O3/c1-4-37-23-15-11-21(12-16-23)30-29-25(18-31(2,3)19-27(29)35)33-24-7-5-6-8-26(24)34(30)28(36)17-20-9-13-22(32)14-10-20/h5-16,30,33H,4,17-19H2,1-3H3. The van der Waals surface area contributed by atoms with E-state index in [0.717, 1.165) is 40.4 Å². The molecule has 0 saturated heterocycles. The van der Waals surface area contributed by atoms with Crippen LogP contribution in [0, 0.1) is 5.41 Å². The first-order chi connectivity index (χ1) is 17.8. The summed E-state index contributed by atoms with van der Waals surface area (Å²) in [7, 11) is 0. The highest BCUT2D eigenvalue weighted by atomic mass is 35.5. The van der Waals surface area contributed by atoms with Gasteiger partial charge in [0.1, 0.15) is 5.75 Å². The summed E-state index contributed by atoms with van der Waals surface area (Å²) in [5, 5.41) is 4.18. The maximum atomic E-state index is 14.1. The van der Waals surface area contributed by atoms with Crippen molar-refractivity contribution in [3.8, 4) is 5.75 Å². The maximum Gasteiger partial charge on any atom is 0.232 e. The first kappa shape index (κ1) is 25.1. The second kappa shape index (κ2) is 10.1. The Kier molecular flexibility index (Phi) is 6.82. The van der Waals surface area contributed by atoms with Crippen LogP contribution in [0.5, 0.6) is 5.75 Å². The van der Waals surface area contributed by atoms with E-state index >= 15 is 0 Å². The summed E-state index contributed by atoms with van der Waals surface area (Å²) < 4.78 is 5.66. The number of halogens is 1. The molecule has 2 aliphatic rings. The van der Waals surface area contributed by atoms with E-state index < -0.39 is 6.04 Å². The fraction of sp³-hybridized carbons (Fsp3) is 0.290. The number of amides is 1. The van der Waals surface area contributed by atoms with Gasteiger partial charge in [-0.1, -0.05) is 61.8 Å². The first-order valence-corrected chi connectivity index (χ1v) is 13.0. The van der Waals surface area contributed by atoms with Crippen LogP contribution in [0.1, 0.15) is 50.8 Å². The third-order valence-electron chi connectivity index (χ3n) is 6.94. The molecule has 1 N–H and O–H groups in total. The number of anilines is 2. The van der Waals surface area contributed by atoms with Gasteiger partial charge in [0, 0.05) is 22.7 Å². The molecule has 5 rings (SSSR count). The number of hydrogen-bond acceptors (Lipinski definition) is 4. The lowest BCUT2D eigenvalue weighted by atomic mass is 9.73. The number of hydrogen-bond donors (Lipinski definition) is 1. The minimum Gasteiger partial charge on any atom is -0.494 e. The van der Waals surface area contributed by atoms with Crippen molar-refractivity contribution in [3.05, 3.63) is 100 Å². The highest BCUT2D eigenvalue weighted by molar-refractivity contribution is 6.30. The molecule has 1 unspecified atom stereocenters. The Morgan fingerprint density at radius 2 is 1.73 bits per heavy atom. The fourth-order valence-electron chi connectivity index (χ4n) is 5.35. The number of benzene rings is 3. The highest BCUT2D eigenvalue weighted by Gasteiger charge is 2.43. The smallest absolute Gasteiger partial charge is 0.232 e. The molecule has 1 aliphatic heterocycles.